The molecule has 0 unspecified atom stereocenters. The van der Waals surface area contributed by atoms with Crippen LogP contribution in [0.15, 0.2) is 58.2 Å². The first-order valence-corrected chi connectivity index (χ1v) is 13.2. The molecule has 1 saturated heterocycles. The minimum absolute atomic E-state index is 0.101. The molecule has 2 aromatic carbocycles. The Morgan fingerprint density at radius 3 is 2.54 bits per heavy atom. The number of carbonyl (C=O) groups excluding carboxylic acids is 1. The van der Waals surface area contributed by atoms with Gasteiger partial charge < -0.3 is 14.6 Å². The number of carbonyl (C=O) groups is 1. The number of hydrogen-bond donors (Lipinski definition) is 1. The SMILES string of the molecule is O=C(CSc1nnc(-c2ccccc2F)o1)Nc1ccccc1N1CCN(C2CCCCC2)CC1. The zero-order valence-corrected chi connectivity index (χ0v) is 20.5. The number of para-hydroxylation sites is 2. The largest absolute Gasteiger partial charge is 0.411 e. The second kappa shape index (κ2) is 11.2. The molecular weight excluding hydrogens is 465 g/mol. The summed E-state index contributed by atoms with van der Waals surface area (Å²) in [4.78, 5) is 17.7. The maximum absolute atomic E-state index is 13.9. The maximum atomic E-state index is 13.9. The lowest BCUT2D eigenvalue weighted by atomic mass is 9.94. The third-order valence-electron chi connectivity index (χ3n) is 6.76. The summed E-state index contributed by atoms with van der Waals surface area (Å²) >= 11 is 1.13. The molecule has 2 aliphatic rings. The molecule has 0 atom stereocenters. The molecule has 1 aliphatic heterocycles. The fourth-order valence-electron chi connectivity index (χ4n) is 4.95. The van der Waals surface area contributed by atoms with E-state index >= 15 is 0 Å². The molecule has 35 heavy (non-hydrogen) atoms. The lowest BCUT2D eigenvalue weighted by molar-refractivity contribution is -0.113. The van der Waals surface area contributed by atoms with Crippen molar-refractivity contribution >= 4 is 29.0 Å². The second-order valence-corrected chi connectivity index (χ2v) is 9.95. The van der Waals surface area contributed by atoms with Crippen LogP contribution in [0.3, 0.4) is 0 Å². The summed E-state index contributed by atoms with van der Waals surface area (Å²) in [6.07, 6.45) is 6.73. The summed E-state index contributed by atoms with van der Waals surface area (Å²) < 4.78 is 19.5. The summed E-state index contributed by atoms with van der Waals surface area (Å²) in [5, 5.41) is 11.1. The molecular formula is C26H30FN5O2S. The lowest BCUT2D eigenvalue weighted by Gasteiger charge is -2.42. The highest BCUT2D eigenvalue weighted by Crippen LogP contribution is 2.30. The highest BCUT2D eigenvalue weighted by atomic mass is 32.2. The molecule has 0 radical (unpaired) electrons. The van der Waals surface area contributed by atoms with Crippen molar-refractivity contribution in [2.24, 2.45) is 0 Å². The van der Waals surface area contributed by atoms with Crippen LogP contribution in [-0.2, 0) is 4.79 Å². The van der Waals surface area contributed by atoms with Gasteiger partial charge in [-0.05, 0) is 37.1 Å². The number of nitrogens with zero attached hydrogens (tertiary/aromatic N) is 4. The maximum Gasteiger partial charge on any atom is 0.277 e. The molecule has 5 rings (SSSR count). The van der Waals surface area contributed by atoms with Crippen molar-refractivity contribution in [1.82, 2.24) is 15.1 Å². The zero-order valence-electron chi connectivity index (χ0n) is 19.7. The lowest BCUT2D eigenvalue weighted by Crippen LogP contribution is -2.51. The smallest absolute Gasteiger partial charge is 0.277 e. The third-order valence-corrected chi connectivity index (χ3v) is 7.58. The molecule has 1 N–H and O–H groups in total. The molecule has 0 bridgehead atoms. The van der Waals surface area contributed by atoms with Crippen LogP contribution < -0.4 is 10.2 Å². The van der Waals surface area contributed by atoms with Crippen molar-refractivity contribution in [3.8, 4) is 11.5 Å². The minimum Gasteiger partial charge on any atom is -0.411 e. The Morgan fingerprint density at radius 1 is 1.00 bits per heavy atom. The van der Waals surface area contributed by atoms with Gasteiger partial charge in [0, 0.05) is 32.2 Å². The number of anilines is 2. The van der Waals surface area contributed by atoms with Gasteiger partial charge in [-0.1, -0.05) is 55.3 Å². The van der Waals surface area contributed by atoms with E-state index in [0.717, 1.165) is 55.4 Å². The Labute approximate surface area is 209 Å². The first kappa shape index (κ1) is 23.8. The Kier molecular flexibility index (Phi) is 7.63. The minimum atomic E-state index is -0.429. The molecule has 1 saturated carbocycles. The number of piperazine rings is 1. The molecule has 1 aliphatic carbocycles. The molecule has 3 aromatic rings. The second-order valence-electron chi connectivity index (χ2n) is 9.02. The average Bonchev–Trinajstić information content (AvgIpc) is 3.38. The molecule has 0 spiro atoms. The quantitative estimate of drug-likeness (QED) is 0.459. The van der Waals surface area contributed by atoms with E-state index in [0.29, 0.717) is 0 Å². The number of benzene rings is 2. The average molecular weight is 496 g/mol. The first-order chi connectivity index (χ1) is 17.2. The van der Waals surface area contributed by atoms with E-state index < -0.39 is 5.82 Å². The van der Waals surface area contributed by atoms with Crippen molar-refractivity contribution in [1.29, 1.82) is 0 Å². The summed E-state index contributed by atoms with van der Waals surface area (Å²) in [6.45, 7) is 4.03. The Balaban J connectivity index is 1.16. The summed E-state index contributed by atoms with van der Waals surface area (Å²) in [5.41, 5.74) is 2.10. The van der Waals surface area contributed by atoms with Gasteiger partial charge in [-0.2, -0.15) is 0 Å². The standard InChI is InChI=1S/C26H30FN5O2S/c27-21-11-5-4-10-20(21)25-29-30-26(34-25)35-18-24(33)28-22-12-6-7-13-23(22)32-16-14-31(15-17-32)19-8-2-1-3-9-19/h4-7,10-13,19H,1-3,8-9,14-18H2,(H,28,33). The van der Waals surface area contributed by atoms with Crippen LogP contribution in [-0.4, -0.2) is 59.0 Å². The molecule has 2 fully saturated rings. The van der Waals surface area contributed by atoms with Gasteiger partial charge in [0.05, 0.1) is 22.7 Å². The summed E-state index contributed by atoms with van der Waals surface area (Å²) in [6, 6.07) is 14.9. The topological polar surface area (TPSA) is 74.5 Å². The van der Waals surface area contributed by atoms with Gasteiger partial charge in [-0.3, -0.25) is 9.69 Å². The van der Waals surface area contributed by atoms with Gasteiger partial charge in [0.1, 0.15) is 5.82 Å². The monoisotopic (exact) mass is 495 g/mol. The van der Waals surface area contributed by atoms with Crippen LogP contribution >= 0.6 is 11.8 Å². The van der Waals surface area contributed by atoms with Gasteiger partial charge in [-0.15, -0.1) is 10.2 Å². The van der Waals surface area contributed by atoms with E-state index in [1.165, 1.54) is 38.2 Å². The molecule has 2 heterocycles. The number of halogens is 1. The van der Waals surface area contributed by atoms with E-state index in [9.17, 15) is 9.18 Å². The van der Waals surface area contributed by atoms with Crippen molar-refractivity contribution in [2.45, 2.75) is 43.4 Å². The number of nitrogens with one attached hydrogen (secondary N) is 1. The summed E-state index contributed by atoms with van der Waals surface area (Å²) in [7, 11) is 0. The predicted octanol–water partition coefficient (Wildman–Crippen LogP) is 5.06. The van der Waals surface area contributed by atoms with Gasteiger partial charge >= 0.3 is 0 Å². The normalized spacial score (nSPS) is 17.5. The van der Waals surface area contributed by atoms with Gasteiger partial charge in [0.2, 0.25) is 5.91 Å². The van der Waals surface area contributed by atoms with Crippen molar-refractivity contribution < 1.29 is 13.6 Å². The number of amides is 1. The molecule has 184 valence electrons. The van der Waals surface area contributed by atoms with Crippen molar-refractivity contribution in [3.63, 3.8) is 0 Å². The van der Waals surface area contributed by atoms with Gasteiger partial charge in [0.25, 0.3) is 11.1 Å². The fourth-order valence-corrected chi connectivity index (χ4v) is 5.52. The van der Waals surface area contributed by atoms with E-state index in [4.69, 9.17) is 4.42 Å². The molecule has 9 heteroatoms. The Morgan fingerprint density at radius 2 is 1.74 bits per heavy atom. The van der Waals surface area contributed by atoms with Crippen LogP contribution in [0, 0.1) is 5.82 Å². The van der Waals surface area contributed by atoms with Crippen molar-refractivity contribution in [3.05, 3.63) is 54.3 Å². The number of aromatic nitrogens is 2. The van der Waals surface area contributed by atoms with Crippen LogP contribution in [0.4, 0.5) is 15.8 Å². The number of rotatable bonds is 7. The number of thioether (sulfide) groups is 1. The van der Waals surface area contributed by atoms with Crippen molar-refractivity contribution in [2.75, 3.05) is 42.1 Å². The number of hydrogen-bond acceptors (Lipinski definition) is 7. The Hall–Kier alpha value is -2.91. The fraction of sp³-hybridized carbons (Fsp3) is 0.423. The highest BCUT2D eigenvalue weighted by molar-refractivity contribution is 7.99. The van der Waals surface area contributed by atoms with E-state index in [-0.39, 0.29) is 28.3 Å². The van der Waals surface area contributed by atoms with E-state index in [2.05, 4.69) is 31.4 Å². The van der Waals surface area contributed by atoms with Crippen LogP contribution in [0.2, 0.25) is 0 Å². The van der Waals surface area contributed by atoms with Gasteiger partial charge in [0.15, 0.2) is 0 Å². The third kappa shape index (κ3) is 5.85. The first-order valence-electron chi connectivity index (χ1n) is 12.3. The van der Waals surface area contributed by atoms with E-state index in [1.54, 1.807) is 18.2 Å². The molecule has 7 nitrogen and oxygen atoms in total. The van der Waals surface area contributed by atoms with E-state index in [1.807, 2.05) is 18.2 Å². The summed E-state index contributed by atoms with van der Waals surface area (Å²) in [5.74, 6) is -0.373. The Bertz CT molecular complexity index is 1140. The van der Waals surface area contributed by atoms with Crippen LogP contribution in [0.25, 0.3) is 11.5 Å². The highest BCUT2D eigenvalue weighted by Gasteiger charge is 2.26. The predicted molar refractivity (Wildman–Crippen MR) is 136 cm³/mol. The van der Waals surface area contributed by atoms with Crippen LogP contribution in [0.5, 0.6) is 0 Å². The molecule has 1 amide bonds. The van der Waals surface area contributed by atoms with Crippen LogP contribution in [0.1, 0.15) is 32.1 Å². The van der Waals surface area contributed by atoms with Gasteiger partial charge in [-0.25, -0.2) is 4.39 Å². The zero-order chi connectivity index (χ0) is 24.0. The molecule has 1 aromatic heterocycles.